The van der Waals surface area contributed by atoms with Gasteiger partial charge in [-0.25, -0.2) is 0 Å². The number of thiophene rings is 1. The molecule has 0 saturated carbocycles. The number of hydrogen-bond acceptors (Lipinski definition) is 2. The quantitative estimate of drug-likeness (QED) is 0.764. The van der Waals surface area contributed by atoms with Gasteiger partial charge in [0.05, 0.1) is 4.88 Å². The van der Waals surface area contributed by atoms with E-state index in [1.807, 2.05) is 11.0 Å². The van der Waals surface area contributed by atoms with Crippen LogP contribution in [0.1, 0.15) is 34.8 Å². The molecule has 2 heterocycles. The Kier molecular flexibility index (Phi) is 4.26. The van der Waals surface area contributed by atoms with Gasteiger partial charge in [0.2, 0.25) is 0 Å². The minimum Gasteiger partial charge on any atom is -0.338 e. The van der Waals surface area contributed by atoms with Gasteiger partial charge < -0.3 is 4.90 Å². The third-order valence-corrected chi connectivity index (χ3v) is 5.89. The summed E-state index contributed by atoms with van der Waals surface area (Å²) in [5.74, 6) is 0.749. The van der Waals surface area contributed by atoms with Crippen molar-refractivity contribution in [3.05, 3.63) is 21.9 Å². The zero-order valence-electron chi connectivity index (χ0n) is 10.3. The van der Waals surface area contributed by atoms with Gasteiger partial charge in [0.25, 0.3) is 5.91 Å². The van der Waals surface area contributed by atoms with Gasteiger partial charge in [0.1, 0.15) is 0 Å². The molecule has 2 nitrogen and oxygen atoms in total. The van der Waals surface area contributed by atoms with Crippen LogP contribution in [0.2, 0.25) is 0 Å². The van der Waals surface area contributed by atoms with Crippen molar-refractivity contribution < 1.29 is 4.79 Å². The maximum Gasteiger partial charge on any atom is 0.263 e. The third-order valence-electron chi connectivity index (χ3n) is 3.31. The maximum atomic E-state index is 12.3. The van der Waals surface area contributed by atoms with Gasteiger partial charge in [0.15, 0.2) is 0 Å². The molecule has 0 spiro atoms. The summed E-state index contributed by atoms with van der Waals surface area (Å²) < 4.78 is 0. The number of halogens is 1. The summed E-state index contributed by atoms with van der Waals surface area (Å²) >= 11 is 5.30. The largest absolute Gasteiger partial charge is 0.338 e. The van der Waals surface area contributed by atoms with Crippen LogP contribution in [0.3, 0.4) is 0 Å². The third kappa shape index (κ3) is 2.91. The Morgan fingerprint density at radius 2 is 2.35 bits per heavy atom. The lowest BCUT2D eigenvalue weighted by atomic mass is 10.00. The molecule has 2 unspecified atom stereocenters. The Hall–Kier alpha value is -0.350. The van der Waals surface area contributed by atoms with Crippen LogP contribution >= 0.6 is 27.3 Å². The molecule has 1 aromatic heterocycles. The van der Waals surface area contributed by atoms with Crippen molar-refractivity contribution in [1.29, 1.82) is 0 Å². The van der Waals surface area contributed by atoms with Crippen LogP contribution in [-0.2, 0) is 6.42 Å². The van der Waals surface area contributed by atoms with E-state index in [2.05, 4.69) is 35.8 Å². The van der Waals surface area contributed by atoms with Crippen molar-refractivity contribution in [3.8, 4) is 0 Å². The first kappa shape index (κ1) is 13.1. The number of alkyl halides is 1. The summed E-state index contributed by atoms with van der Waals surface area (Å²) in [5, 5.41) is 0. The molecule has 0 bridgehead atoms. The molecular formula is C13H18BrNOS. The zero-order valence-corrected chi connectivity index (χ0v) is 12.7. The van der Waals surface area contributed by atoms with Crippen LogP contribution in [0.5, 0.6) is 0 Å². The normalized spacial score (nSPS) is 25.0. The van der Waals surface area contributed by atoms with Crippen molar-refractivity contribution >= 4 is 33.2 Å². The van der Waals surface area contributed by atoms with Crippen molar-refractivity contribution in [2.45, 2.75) is 31.5 Å². The Bertz CT molecular complexity index is 404. The molecule has 0 N–H and O–H groups in total. The first-order valence-corrected chi connectivity index (χ1v) is 7.87. The Morgan fingerprint density at radius 3 is 2.94 bits per heavy atom. The van der Waals surface area contributed by atoms with E-state index in [4.69, 9.17) is 0 Å². The molecule has 2 rings (SSSR count). The van der Waals surface area contributed by atoms with Crippen molar-refractivity contribution in [2.24, 2.45) is 5.92 Å². The maximum absolute atomic E-state index is 12.3. The molecule has 1 amide bonds. The molecule has 1 saturated heterocycles. The number of hydrogen-bond donors (Lipinski definition) is 0. The van der Waals surface area contributed by atoms with Gasteiger partial charge >= 0.3 is 0 Å². The minimum absolute atomic E-state index is 0.209. The first-order valence-electron chi connectivity index (χ1n) is 6.14. The Balaban J connectivity index is 2.05. The van der Waals surface area contributed by atoms with E-state index in [1.54, 1.807) is 11.3 Å². The average Bonchev–Trinajstić information content (AvgIpc) is 2.80. The lowest BCUT2D eigenvalue weighted by Gasteiger charge is -2.34. The molecule has 0 aliphatic carbocycles. The number of carbonyl (C=O) groups excluding carboxylic acids is 1. The van der Waals surface area contributed by atoms with Gasteiger partial charge in [-0.1, -0.05) is 29.8 Å². The van der Waals surface area contributed by atoms with E-state index in [0.717, 1.165) is 30.8 Å². The summed E-state index contributed by atoms with van der Waals surface area (Å²) in [6, 6.07) is 4.04. The van der Waals surface area contributed by atoms with E-state index in [0.29, 0.717) is 10.7 Å². The number of nitrogens with zero attached hydrogens (tertiary/aromatic N) is 1. The van der Waals surface area contributed by atoms with E-state index in [-0.39, 0.29) is 5.91 Å². The van der Waals surface area contributed by atoms with Gasteiger partial charge in [-0.2, -0.15) is 0 Å². The van der Waals surface area contributed by atoms with E-state index in [9.17, 15) is 4.79 Å². The summed E-state index contributed by atoms with van der Waals surface area (Å²) in [6.45, 7) is 6.07. The molecule has 1 fully saturated rings. The number of carbonyl (C=O) groups is 1. The second-order valence-electron chi connectivity index (χ2n) is 4.65. The summed E-state index contributed by atoms with van der Waals surface area (Å²) in [6.07, 6.45) is 2.07. The lowest BCUT2D eigenvalue weighted by molar-refractivity contribution is 0.0695. The summed E-state index contributed by atoms with van der Waals surface area (Å²) in [4.78, 5) is 17.0. The molecule has 0 aromatic carbocycles. The highest BCUT2D eigenvalue weighted by molar-refractivity contribution is 9.09. The van der Waals surface area contributed by atoms with Crippen LogP contribution in [0, 0.1) is 5.92 Å². The predicted molar refractivity (Wildman–Crippen MR) is 76.1 cm³/mol. The van der Waals surface area contributed by atoms with Crippen LogP contribution < -0.4 is 0 Å². The van der Waals surface area contributed by atoms with Gasteiger partial charge in [0, 0.05) is 22.8 Å². The van der Waals surface area contributed by atoms with Crippen LogP contribution in [0.25, 0.3) is 0 Å². The fourth-order valence-corrected chi connectivity index (χ4v) is 3.43. The molecule has 1 aromatic rings. The second kappa shape index (κ2) is 5.53. The molecule has 1 aliphatic rings. The van der Waals surface area contributed by atoms with Gasteiger partial charge in [-0.15, -0.1) is 11.3 Å². The highest BCUT2D eigenvalue weighted by Gasteiger charge is 2.27. The number of amides is 1. The summed E-state index contributed by atoms with van der Waals surface area (Å²) in [5.41, 5.74) is 0. The molecule has 94 valence electrons. The SMILES string of the molecule is CCc1ccc(C(=O)N2CCC(Br)C(C)C2)s1. The molecule has 17 heavy (non-hydrogen) atoms. The number of likely N-dealkylation sites (tertiary alicyclic amines) is 1. The van der Waals surface area contributed by atoms with E-state index in [1.165, 1.54) is 4.88 Å². The van der Waals surface area contributed by atoms with Crippen LogP contribution in [-0.4, -0.2) is 28.7 Å². The van der Waals surface area contributed by atoms with Crippen molar-refractivity contribution in [3.63, 3.8) is 0 Å². The highest BCUT2D eigenvalue weighted by Crippen LogP contribution is 2.26. The molecule has 0 radical (unpaired) electrons. The Labute approximate surface area is 115 Å². The van der Waals surface area contributed by atoms with Crippen LogP contribution in [0.4, 0.5) is 0 Å². The van der Waals surface area contributed by atoms with Crippen molar-refractivity contribution in [2.75, 3.05) is 13.1 Å². The molecular weight excluding hydrogens is 298 g/mol. The van der Waals surface area contributed by atoms with E-state index < -0.39 is 0 Å². The topological polar surface area (TPSA) is 20.3 Å². The predicted octanol–water partition coefficient (Wildman–Crippen LogP) is 3.56. The van der Waals surface area contributed by atoms with E-state index >= 15 is 0 Å². The Morgan fingerprint density at radius 1 is 1.59 bits per heavy atom. The number of rotatable bonds is 2. The molecule has 1 aliphatic heterocycles. The minimum atomic E-state index is 0.209. The van der Waals surface area contributed by atoms with Gasteiger partial charge in [-0.05, 0) is 30.9 Å². The smallest absolute Gasteiger partial charge is 0.263 e. The fraction of sp³-hybridized carbons (Fsp3) is 0.615. The molecule has 4 heteroatoms. The standard InChI is InChI=1S/C13H18BrNOS/c1-3-10-4-5-12(17-10)13(16)15-7-6-11(14)9(2)8-15/h4-5,9,11H,3,6-8H2,1-2H3. The summed E-state index contributed by atoms with van der Waals surface area (Å²) in [7, 11) is 0. The molecule has 2 atom stereocenters. The second-order valence-corrected chi connectivity index (χ2v) is 7.00. The zero-order chi connectivity index (χ0) is 12.4. The van der Waals surface area contributed by atoms with Crippen LogP contribution in [0.15, 0.2) is 12.1 Å². The average molecular weight is 316 g/mol. The number of piperidine rings is 1. The fourth-order valence-electron chi connectivity index (χ4n) is 2.14. The van der Waals surface area contributed by atoms with Gasteiger partial charge in [-0.3, -0.25) is 4.79 Å². The number of aryl methyl sites for hydroxylation is 1. The van der Waals surface area contributed by atoms with Crippen molar-refractivity contribution in [1.82, 2.24) is 4.90 Å². The monoisotopic (exact) mass is 315 g/mol. The first-order chi connectivity index (χ1) is 8.11. The lowest BCUT2D eigenvalue weighted by Crippen LogP contribution is -2.43. The highest BCUT2D eigenvalue weighted by atomic mass is 79.9.